The summed E-state index contributed by atoms with van der Waals surface area (Å²) >= 11 is 0. The van der Waals surface area contributed by atoms with Gasteiger partial charge >= 0.3 is 0 Å². The van der Waals surface area contributed by atoms with Crippen molar-refractivity contribution >= 4 is 32.3 Å². The Morgan fingerprint density at radius 1 is 0.333 bits per heavy atom. The third kappa shape index (κ3) is 3.79. The summed E-state index contributed by atoms with van der Waals surface area (Å²) in [4.78, 5) is 0. The van der Waals surface area contributed by atoms with Gasteiger partial charge in [0, 0.05) is 5.41 Å². The van der Waals surface area contributed by atoms with Crippen molar-refractivity contribution in [1.82, 2.24) is 0 Å². The maximum atomic E-state index is 2.42. The molecule has 0 heterocycles. The highest BCUT2D eigenvalue weighted by Crippen LogP contribution is 2.52. The summed E-state index contributed by atoms with van der Waals surface area (Å²) in [6, 6.07) is 58.3. The van der Waals surface area contributed by atoms with E-state index < -0.39 is 0 Å². The summed E-state index contributed by atoms with van der Waals surface area (Å²) in [5.74, 6) is 0. The Labute approximate surface area is 264 Å². The Kier molecular flexibility index (Phi) is 5.64. The molecule has 0 N–H and O–H groups in total. The van der Waals surface area contributed by atoms with Gasteiger partial charge in [0.05, 0.1) is 0 Å². The molecular formula is C45H32. The van der Waals surface area contributed by atoms with Gasteiger partial charge in [0.1, 0.15) is 0 Å². The van der Waals surface area contributed by atoms with Crippen LogP contribution in [-0.4, -0.2) is 0 Å². The number of hydrogen-bond acceptors (Lipinski definition) is 0. The molecule has 0 nitrogen and oxygen atoms in total. The molecule has 0 spiro atoms. The molecule has 0 amide bonds. The van der Waals surface area contributed by atoms with Crippen molar-refractivity contribution in [3.8, 4) is 44.5 Å². The zero-order valence-corrected chi connectivity index (χ0v) is 25.5. The predicted molar refractivity (Wildman–Crippen MR) is 193 cm³/mol. The summed E-state index contributed by atoms with van der Waals surface area (Å²) in [5.41, 5.74) is 13.0. The largest absolute Gasteiger partial charge is 0.0622 e. The molecule has 8 aromatic carbocycles. The first-order valence-corrected chi connectivity index (χ1v) is 15.9. The summed E-state index contributed by atoms with van der Waals surface area (Å²) in [5, 5.41) is 7.85. The molecule has 0 unspecified atom stereocenters. The molecule has 0 bridgehead atoms. The van der Waals surface area contributed by atoms with E-state index in [1.165, 1.54) is 88.0 Å². The van der Waals surface area contributed by atoms with Crippen LogP contribution in [0.15, 0.2) is 158 Å². The maximum Gasteiger partial charge on any atom is 0.0159 e. The second-order valence-corrected chi connectivity index (χ2v) is 12.8. The van der Waals surface area contributed by atoms with E-state index >= 15 is 0 Å². The van der Waals surface area contributed by atoms with Crippen LogP contribution in [0.25, 0.3) is 76.8 Å². The van der Waals surface area contributed by atoms with Gasteiger partial charge in [-0.05, 0) is 94.0 Å². The third-order valence-corrected chi connectivity index (χ3v) is 10.1. The highest BCUT2D eigenvalue weighted by molar-refractivity contribution is 6.24. The van der Waals surface area contributed by atoms with E-state index in [-0.39, 0.29) is 5.41 Å². The van der Waals surface area contributed by atoms with E-state index in [1.807, 2.05) is 0 Å². The van der Waals surface area contributed by atoms with E-state index in [4.69, 9.17) is 0 Å². The van der Waals surface area contributed by atoms with Crippen molar-refractivity contribution in [3.63, 3.8) is 0 Å². The predicted octanol–water partition coefficient (Wildman–Crippen LogP) is 12.5. The Morgan fingerprint density at radius 2 is 0.844 bits per heavy atom. The van der Waals surface area contributed by atoms with E-state index in [2.05, 4.69) is 172 Å². The zero-order valence-electron chi connectivity index (χ0n) is 25.5. The first kappa shape index (κ1) is 26.0. The Balaban J connectivity index is 1.36. The van der Waals surface area contributed by atoms with Gasteiger partial charge in [0.2, 0.25) is 0 Å². The second-order valence-electron chi connectivity index (χ2n) is 12.8. The SMILES string of the molecule is CC1(C)c2cc(-c3ccccc3)ccc2-c2ccc(-c3c4ccccc4c(-c4ccccc4)c4ccccc34)c3cccc1c23. The van der Waals surface area contributed by atoms with Crippen molar-refractivity contribution in [1.29, 1.82) is 0 Å². The van der Waals surface area contributed by atoms with Crippen LogP contribution in [0.3, 0.4) is 0 Å². The van der Waals surface area contributed by atoms with E-state index in [0.29, 0.717) is 0 Å². The summed E-state index contributed by atoms with van der Waals surface area (Å²) in [6.45, 7) is 4.79. The fourth-order valence-electron chi connectivity index (χ4n) is 7.96. The molecule has 0 radical (unpaired) electrons. The molecule has 0 aliphatic heterocycles. The first-order valence-electron chi connectivity index (χ1n) is 15.9. The van der Waals surface area contributed by atoms with Crippen molar-refractivity contribution in [2.24, 2.45) is 0 Å². The van der Waals surface area contributed by atoms with E-state index in [1.54, 1.807) is 0 Å². The average Bonchev–Trinajstić information content (AvgIpc) is 3.10. The molecule has 212 valence electrons. The van der Waals surface area contributed by atoms with Gasteiger partial charge in [-0.15, -0.1) is 0 Å². The fourth-order valence-corrected chi connectivity index (χ4v) is 7.96. The molecule has 45 heavy (non-hydrogen) atoms. The molecular weight excluding hydrogens is 540 g/mol. The minimum absolute atomic E-state index is 0.146. The van der Waals surface area contributed by atoms with Crippen LogP contribution in [0.4, 0.5) is 0 Å². The lowest BCUT2D eigenvalue weighted by molar-refractivity contribution is 0.645. The number of hydrogen-bond donors (Lipinski definition) is 0. The molecule has 0 fully saturated rings. The Morgan fingerprint density at radius 3 is 1.49 bits per heavy atom. The maximum absolute atomic E-state index is 2.42. The van der Waals surface area contributed by atoms with Gasteiger partial charge in [-0.3, -0.25) is 0 Å². The van der Waals surface area contributed by atoms with Crippen LogP contribution < -0.4 is 0 Å². The van der Waals surface area contributed by atoms with Crippen LogP contribution in [0.5, 0.6) is 0 Å². The van der Waals surface area contributed by atoms with Crippen molar-refractivity contribution in [2.45, 2.75) is 19.3 Å². The summed E-state index contributed by atoms with van der Waals surface area (Å²) < 4.78 is 0. The molecule has 0 aromatic heterocycles. The lowest BCUT2D eigenvalue weighted by atomic mass is 9.67. The van der Waals surface area contributed by atoms with Gasteiger partial charge in [0.15, 0.2) is 0 Å². The van der Waals surface area contributed by atoms with Crippen LogP contribution in [0.1, 0.15) is 25.0 Å². The monoisotopic (exact) mass is 572 g/mol. The number of rotatable bonds is 3. The van der Waals surface area contributed by atoms with Crippen LogP contribution >= 0.6 is 0 Å². The third-order valence-electron chi connectivity index (χ3n) is 10.1. The highest BCUT2D eigenvalue weighted by atomic mass is 14.4. The topological polar surface area (TPSA) is 0 Å². The molecule has 0 heteroatoms. The fraction of sp³-hybridized carbons (Fsp3) is 0.0667. The zero-order chi connectivity index (χ0) is 30.1. The Bertz CT molecular complexity index is 2370. The number of benzene rings is 8. The quantitative estimate of drug-likeness (QED) is 0.185. The van der Waals surface area contributed by atoms with Gasteiger partial charge in [0.25, 0.3) is 0 Å². The highest BCUT2D eigenvalue weighted by Gasteiger charge is 2.34. The van der Waals surface area contributed by atoms with Gasteiger partial charge < -0.3 is 0 Å². The van der Waals surface area contributed by atoms with Crippen LogP contribution in [0.2, 0.25) is 0 Å². The molecule has 0 saturated heterocycles. The van der Waals surface area contributed by atoms with E-state index in [0.717, 1.165) is 0 Å². The Hall–Kier alpha value is -5.46. The second kappa shape index (κ2) is 9.78. The van der Waals surface area contributed by atoms with Crippen molar-refractivity contribution in [3.05, 3.63) is 169 Å². The van der Waals surface area contributed by atoms with E-state index in [9.17, 15) is 0 Å². The minimum atomic E-state index is -0.146. The molecule has 9 rings (SSSR count). The normalized spacial score (nSPS) is 13.3. The number of fused-ring (bicyclic) bond motifs is 4. The van der Waals surface area contributed by atoms with Gasteiger partial charge in [-0.25, -0.2) is 0 Å². The smallest absolute Gasteiger partial charge is 0.0159 e. The lowest BCUT2D eigenvalue weighted by Crippen LogP contribution is -2.23. The molecule has 0 atom stereocenters. The summed E-state index contributed by atoms with van der Waals surface area (Å²) in [7, 11) is 0. The minimum Gasteiger partial charge on any atom is -0.0622 e. The molecule has 8 aromatic rings. The van der Waals surface area contributed by atoms with Crippen LogP contribution in [0, 0.1) is 0 Å². The molecule has 0 saturated carbocycles. The first-order chi connectivity index (χ1) is 22.1. The average molecular weight is 573 g/mol. The lowest BCUT2D eigenvalue weighted by Gasteiger charge is -2.36. The summed E-state index contributed by atoms with van der Waals surface area (Å²) in [6.07, 6.45) is 0. The van der Waals surface area contributed by atoms with Crippen molar-refractivity contribution < 1.29 is 0 Å². The van der Waals surface area contributed by atoms with Gasteiger partial charge in [-0.1, -0.05) is 166 Å². The van der Waals surface area contributed by atoms with Crippen LogP contribution in [-0.2, 0) is 5.41 Å². The van der Waals surface area contributed by atoms with Crippen molar-refractivity contribution in [2.75, 3.05) is 0 Å². The molecule has 1 aliphatic carbocycles. The van der Waals surface area contributed by atoms with Gasteiger partial charge in [-0.2, -0.15) is 0 Å². The molecule has 1 aliphatic rings. The standard InChI is InChI=1S/C45H32/c1-45(2)40-23-13-22-37-39(27-26-38(44(37)40)32-25-24-31(28-41(32)45)29-14-5-3-6-15-29)43-35-20-11-9-18-33(35)42(30-16-7-4-8-17-30)34-19-10-12-21-36(34)43/h3-28H,1-2H3.